The highest BCUT2D eigenvalue weighted by Crippen LogP contribution is 2.15. The Balaban J connectivity index is 2.16. The van der Waals surface area contributed by atoms with Crippen LogP contribution in [0.25, 0.3) is 0 Å². The number of piperidine rings is 1. The maximum Gasteiger partial charge on any atom is 0.211 e. The zero-order chi connectivity index (χ0) is 12.7. The first-order chi connectivity index (χ1) is 8.07. The second-order valence-corrected chi connectivity index (χ2v) is 6.61. The van der Waals surface area contributed by atoms with Gasteiger partial charge in [0.1, 0.15) is 0 Å². The third kappa shape index (κ3) is 5.81. The fraction of sp³-hybridized carbons (Fsp3) is 1.00. The van der Waals surface area contributed by atoms with E-state index < -0.39 is 10.0 Å². The van der Waals surface area contributed by atoms with Gasteiger partial charge < -0.3 is 10.0 Å². The van der Waals surface area contributed by atoms with Gasteiger partial charge >= 0.3 is 0 Å². The van der Waals surface area contributed by atoms with Gasteiger partial charge in [-0.15, -0.1) is 0 Å². The van der Waals surface area contributed by atoms with Crippen molar-refractivity contribution < 1.29 is 13.5 Å². The van der Waals surface area contributed by atoms with Crippen LogP contribution in [0.5, 0.6) is 0 Å². The quantitative estimate of drug-likeness (QED) is 0.680. The van der Waals surface area contributed by atoms with E-state index in [1.54, 1.807) is 0 Å². The molecule has 17 heavy (non-hydrogen) atoms. The molecule has 1 fully saturated rings. The third-order valence-corrected chi connectivity index (χ3v) is 4.78. The van der Waals surface area contributed by atoms with Crippen LogP contribution in [0.1, 0.15) is 26.2 Å². The van der Waals surface area contributed by atoms with Crippen molar-refractivity contribution in [2.24, 2.45) is 5.92 Å². The molecule has 2 N–H and O–H groups in total. The lowest BCUT2D eigenvalue weighted by atomic mass is 9.98. The third-order valence-electron chi connectivity index (χ3n) is 3.19. The van der Waals surface area contributed by atoms with Crippen molar-refractivity contribution in [3.63, 3.8) is 0 Å². The van der Waals surface area contributed by atoms with Crippen molar-refractivity contribution in [3.05, 3.63) is 0 Å². The molecule has 0 aliphatic carbocycles. The highest BCUT2D eigenvalue weighted by atomic mass is 32.2. The van der Waals surface area contributed by atoms with Gasteiger partial charge in [0.05, 0.1) is 5.75 Å². The molecule has 1 aliphatic rings. The zero-order valence-electron chi connectivity index (χ0n) is 10.6. The molecule has 0 saturated carbocycles. The van der Waals surface area contributed by atoms with Crippen LogP contribution in [0.2, 0.25) is 0 Å². The van der Waals surface area contributed by atoms with Crippen molar-refractivity contribution in [2.75, 3.05) is 38.5 Å². The molecule has 0 aromatic heterocycles. The fourth-order valence-electron chi connectivity index (χ4n) is 2.09. The molecule has 0 unspecified atom stereocenters. The van der Waals surface area contributed by atoms with Crippen LogP contribution < -0.4 is 4.72 Å². The molecule has 1 heterocycles. The van der Waals surface area contributed by atoms with E-state index in [0.29, 0.717) is 18.9 Å². The number of rotatable bonds is 7. The van der Waals surface area contributed by atoms with Crippen molar-refractivity contribution in [3.8, 4) is 0 Å². The lowest BCUT2D eigenvalue weighted by Gasteiger charge is -2.30. The Hall–Kier alpha value is -0.170. The molecule has 5 nitrogen and oxygen atoms in total. The maximum atomic E-state index is 11.4. The van der Waals surface area contributed by atoms with E-state index in [4.69, 9.17) is 5.11 Å². The normalized spacial score (nSPS) is 19.6. The van der Waals surface area contributed by atoms with E-state index in [0.717, 1.165) is 32.5 Å². The van der Waals surface area contributed by atoms with Crippen molar-refractivity contribution in [2.45, 2.75) is 26.2 Å². The molecule has 1 rings (SSSR count). The molecule has 0 bridgehead atoms. The van der Waals surface area contributed by atoms with Gasteiger partial charge in [-0.25, -0.2) is 13.1 Å². The van der Waals surface area contributed by atoms with Crippen molar-refractivity contribution in [1.82, 2.24) is 9.62 Å². The number of sulfonamides is 1. The lowest BCUT2D eigenvalue weighted by molar-refractivity contribution is 0.133. The van der Waals surface area contributed by atoms with Gasteiger partial charge in [-0.05, 0) is 38.3 Å². The second kappa shape index (κ2) is 7.31. The van der Waals surface area contributed by atoms with Crippen LogP contribution in [0.4, 0.5) is 0 Å². The van der Waals surface area contributed by atoms with Crippen LogP contribution in [0.15, 0.2) is 0 Å². The van der Waals surface area contributed by atoms with Gasteiger partial charge in [0, 0.05) is 19.7 Å². The maximum absolute atomic E-state index is 11.4. The summed E-state index contributed by atoms with van der Waals surface area (Å²) < 4.78 is 25.4. The first-order valence-electron chi connectivity index (χ1n) is 6.38. The number of aliphatic hydroxyl groups is 1. The summed E-state index contributed by atoms with van der Waals surface area (Å²) in [4.78, 5) is 2.25. The van der Waals surface area contributed by atoms with E-state index >= 15 is 0 Å². The van der Waals surface area contributed by atoms with E-state index in [9.17, 15) is 8.42 Å². The van der Waals surface area contributed by atoms with Gasteiger partial charge in [0.25, 0.3) is 0 Å². The number of likely N-dealkylation sites (tertiary alicyclic amines) is 1. The van der Waals surface area contributed by atoms with Gasteiger partial charge in [-0.2, -0.15) is 0 Å². The largest absolute Gasteiger partial charge is 0.396 e. The highest BCUT2D eigenvalue weighted by Gasteiger charge is 2.18. The average molecular weight is 264 g/mol. The molecule has 0 amide bonds. The van der Waals surface area contributed by atoms with E-state index in [2.05, 4.69) is 9.62 Å². The SMILES string of the molecule is CCCS(=O)(=O)NCCN1CCC(CO)CC1. The van der Waals surface area contributed by atoms with Crippen molar-refractivity contribution in [1.29, 1.82) is 0 Å². The number of aliphatic hydroxyl groups excluding tert-OH is 1. The number of nitrogens with zero attached hydrogens (tertiary/aromatic N) is 1. The summed E-state index contributed by atoms with van der Waals surface area (Å²) in [5.41, 5.74) is 0. The van der Waals surface area contributed by atoms with Crippen LogP contribution in [-0.4, -0.2) is 57.0 Å². The van der Waals surface area contributed by atoms with Crippen LogP contribution in [0, 0.1) is 5.92 Å². The molecule has 0 atom stereocenters. The smallest absolute Gasteiger partial charge is 0.211 e. The summed E-state index contributed by atoms with van der Waals surface area (Å²) in [7, 11) is -3.06. The van der Waals surface area contributed by atoms with Gasteiger partial charge in [-0.3, -0.25) is 0 Å². The summed E-state index contributed by atoms with van der Waals surface area (Å²) in [6, 6.07) is 0. The molecule has 0 aromatic carbocycles. The highest BCUT2D eigenvalue weighted by molar-refractivity contribution is 7.89. The summed E-state index contributed by atoms with van der Waals surface area (Å²) in [6.07, 6.45) is 2.67. The molecule has 102 valence electrons. The molecule has 0 radical (unpaired) electrons. The summed E-state index contributed by atoms with van der Waals surface area (Å²) in [5.74, 6) is 0.641. The predicted molar refractivity (Wildman–Crippen MR) is 68.3 cm³/mol. The fourth-order valence-corrected chi connectivity index (χ4v) is 3.18. The monoisotopic (exact) mass is 264 g/mol. The average Bonchev–Trinajstić information content (AvgIpc) is 2.29. The molecule has 1 saturated heterocycles. The van der Waals surface area contributed by atoms with Gasteiger partial charge in [-0.1, -0.05) is 6.92 Å². The molecule has 0 aromatic rings. The van der Waals surface area contributed by atoms with E-state index in [1.165, 1.54) is 0 Å². The number of hydrogen-bond donors (Lipinski definition) is 2. The van der Waals surface area contributed by atoms with Crippen LogP contribution >= 0.6 is 0 Å². The molecule has 1 aliphatic heterocycles. The standard InChI is InChI=1S/C11H24N2O3S/c1-2-9-17(15,16)12-5-8-13-6-3-11(10-14)4-7-13/h11-12,14H,2-10H2,1H3. The van der Waals surface area contributed by atoms with E-state index in [-0.39, 0.29) is 12.4 Å². The molecular weight excluding hydrogens is 240 g/mol. The summed E-state index contributed by atoms with van der Waals surface area (Å²) in [5, 5.41) is 9.01. The molecule has 6 heteroatoms. The van der Waals surface area contributed by atoms with E-state index in [1.807, 2.05) is 6.92 Å². The summed E-state index contributed by atoms with van der Waals surface area (Å²) in [6.45, 7) is 5.31. The Morgan fingerprint density at radius 2 is 2.00 bits per heavy atom. The van der Waals surface area contributed by atoms with Crippen molar-refractivity contribution >= 4 is 10.0 Å². The number of hydrogen-bond acceptors (Lipinski definition) is 4. The summed E-state index contributed by atoms with van der Waals surface area (Å²) >= 11 is 0. The Labute approximate surface area is 104 Å². The van der Waals surface area contributed by atoms with Crippen LogP contribution in [-0.2, 0) is 10.0 Å². The van der Waals surface area contributed by atoms with Crippen LogP contribution in [0.3, 0.4) is 0 Å². The second-order valence-electron chi connectivity index (χ2n) is 4.68. The molecule has 0 spiro atoms. The minimum Gasteiger partial charge on any atom is -0.396 e. The first kappa shape index (κ1) is 14.9. The minimum atomic E-state index is -3.06. The Bertz CT molecular complexity index is 298. The zero-order valence-corrected chi connectivity index (χ0v) is 11.4. The topological polar surface area (TPSA) is 69.6 Å². The predicted octanol–water partition coefficient (Wildman–Crippen LogP) is 0.0201. The Kier molecular flexibility index (Phi) is 6.40. The minimum absolute atomic E-state index is 0.208. The number of nitrogens with one attached hydrogen (secondary N) is 1. The lowest BCUT2D eigenvalue weighted by Crippen LogP contribution is -2.40. The van der Waals surface area contributed by atoms with Gasteiger partial charge in [0.15, 0.2) is 0 Å². The Morgan fingerprint density at radius 3 is 2.53 bits per heavy atom. The Morgan fingerprint density at radius 1 is 1.35 bits per heavy atom. The first-order valence-corrected chi connectivity index (χ1v) is 8.03. The molecular formula is C11H24N2O3S. The van der Waals surface area contributed by atoms with Gasteiger partial charge in [0.2, 0.25) is 10.0 Å².